The number of hydrogen-bond acceptors (Lipinski definition) is 4. The number of nitro groups is 1. The molecule has 0 aromatic heterocycles. The zero-order valence-corrected chi connectivity index (χ0v) is 8.27. The van der Waals surface area contributed by atoms with Gasteiger partial charge in [0.05, 0.1) is 17.6 Å². The minimum atomic E-state index is -0.586. The maximum atomic E-state index is 10.6. The van der Waals surface area contributed by atoms with Crippen LogP contribution in [0.15, 0.2) is 18.2 Å². The molecular formula is C10H10N2O3. The fourth-order valence-electron chi connectivity index (χ4n) is 1.07. The van der Waals surface area contributed by atoms with E-state index in [0.29, 0.717) is 12.4 Å². The van der Waals surface area contributed by atoms with Crippen molar-refractivity contribution in [2.75, 3.05) is 6.61 Å². The maximum Gasteiger partial charge on any atom is 0.290 e. The molecule has 0 bridgehead atoms. The first-order chi connectivity index (χ1) is 7.19. The fourth-order valence-corrected chi connectivity index (χ4v) is 1.07. The molecule has 0 aliphatic carbocycles. The molecule has 0 amide bonds. The van der Waals surface area contributed by atoms with E-state index in [-0.39, 0.29) is 11.3 Å². The van der Waals surface area contributed by atoms with Gasteiger partial charge in [-0.1, -0.05) is 6.92 Å². The first-order valence-corrected chi connectivity index (χ1v) is 4.50. The number of rotatable bonds is 4. The molecule has 15 heavy (non-hydrogen) atoms. The monoisotopic (exact) mass is 206 g/mol. The van der Waals surface area contributed by atoms with Crippen LogP contribution in [0.5, 0.6) is 5.75 Å². The number of benzene rings is 1. The lowest BCUT2D eigenvalue weighted by molar-refractivity contribution is -0.385. The van der Waals surface area contributed by atoms with Crippen LogP contribution < -0.4 is 4.74 Å². The van der Waals surface area contributed by atoms with Gasteiger partial charge >= 0.3 is 0 Å². The minimum absolute atomic E-state index is 0.0452. The van der Waals surface area contributed by atoms with Gasteiger partial charge in [-0.3, -0.25) is 10.1 Å². The summed E-state index contributed by atoms with van der Waals surface area (Å²) in [5, 5.41) is 19.2. The van der Waals surface area contributed by atoms with Crippen LogP contribution in [0, 0.1) is 21.4 Å². The Bertz CT molecular complexity index is 410. The van der Waals surface area contributed by atoms with E-state index in [9.17, 15) is 10.1 Å². The molecule has 0 radical (unpaired) electrons. The highest BCUT2D eigenvalue weighted by Gasteiger charge is 2.14. The van der Waals surface area contributed by atoms with Crippen LogP contribution in [0.25, 0.3) is 0 Å². The lowest BCUT2D eigenvalue weighted by atomic mass is 10.2. The van der Waals surface area contributed by atoms with E-state index >= 15 is 0 Å². The van der Waals surface area contributed by atoms with Crippen molar-refractivity contribution >= 4 is 5.69 Å². The van der Waals surface area contributed by atoms with Gasteiger partial charge in [-0.2, -0.15) is 5.26 Å². The SMILES string of the molecule is CCCOc1ccc(C#N)c([N+](=O)[O-])c1. The van der Waals surface area contributed by atoms with Gasteiger partial charge in [0.2, 0.25) is 0 Å². The Hall–Kier alpha value is -2.09. The largest absolute Gasteiger partial charge is 0.493 e. The van der Waals surface area contributed by atoms with Crippen LogP contribution in [-0.2, 0) is 0 Å². The lowest BCUT2D eigenvalue weighted by Gasteiger charge is -2.03. The number of nitrogens with zero attached hydrogens (tertiary/aromatic N) is 2. The summed E-state index contributed by atoms with van der Waals surface area (Å²) in [5.41, 5.74) is -0.171. The minimum Gasteiger partial charge on any atom is -0.493 e. The molecule has 0 heterocycles. The molecule has 78 valence electrons. The normalized spacial score (nSPS) is 9.33. The number of hydrogen-bond donors (Lipinski definition) is 0. The number of nitriles is 1. The van der Waals surface area contributed by atoms with Crippen LogP contribution in [0.2, 0.25) is 0 Å². The Kier molecular flexibility index (Phi) is 3.63. The molecule has 0 atom stereocenters. The third-order valence-corrected chi connectivity index (χ3v) is 1.76. The van der Waals surface area contributed by atoms with Gasteiger partial charge in [0, 0.05) is 0 Å². The first-order valence-electron chi connectivity index (χ1n) is 4.50. The van der Waals surface area contributed by atoms with Gasteiger partial charge in [-0.25, -0.2) is 0 Å². The van der Waals surface area contributed by atoms with Gasteiger partial charge in [0.15, 0.2) is 0 Å². The number of nitro benzene ring substituents is 1. The smallest absolute Gasteiger partial charge is 0.290 e. The van der Waals surface area contributed by atoms with E-state index in [4.69, 9.17) is 10.00 Å². The van der Waals surface area contributed by atoms with Crippen LogP contribution in [-0.4, -0.2) is 11.5 Å². The average molecular weight is 206 g/mol. The van der Waals surface area contributed by atoms with Crippen molar-refractivity contribution in [2.24, 2.45) is 0 Å². The van der Waals surface area contributed by atoms with Crippen LogP contribution in [0.1, 0.15) is 18.9 Å². The van der Waals surface area contributed by atoms with Crippen molar-refractivity contribution < 1.29 is 9.66 Å². The Morgan fingerprint density at radius 3 is 2.87 bits per heavy atom. The highest BCUT2D eigenvalue weighted by atomic mass is 16.6. The predicted molar refractivity (Wildman–Crippen MR) is 53.6 cm³/mol. The lowest BCUT2D eigenvalue weighted by Crippen LogP contribution is -1.97. The van der Waals surface area contributed by atoms with E-state index < -0.39 is 4.92 Å². The van der Waals surface area contributed by atoms with E-state index in [2.05, 4.69) is 0 Å². The van der Waals surface area contributed by atoms with Gasteiger partial charge in [-0.05, 0) is 18.6 Å². The topological polar surface area (TPSA) is 76.2 Å². The Morgan fingerprint density at radius 1 is 1.60 bits per heavy atom. The van der Waals surface area contributed by atoms with Gasteiger partial charge in [0.1, 0.15) is 17.4 Å². The summed E-state index contributed by atoms with van der Waals surface area (Å²) in [7, 11) is 0. The fraction of sp³-hybridized carbons (Fsp3) is 0.300. The molecule has 5 heteroatoms. The van der Waals surface area contributed by atoms with Gasteiger partial charge < -0.3 is 4.74 Å². The van der Waals surface area contributed by atoms with Crippen molar-refractivity contribution in [3.63, 3.8) is 0 Å². The number of ether oxygens (including phenoxy) is 1. The van der Waals surface area contributed by atoms with E-state index in [1.54, 1.807) is 12.1 Å². The summed E-state index contributed by atoms with van der Waals surface area (Å²) in [6.45, 7) is 2.45. The molecule has 0 aliphatic heterocycles. The van der Waals surface area contributed by atoms with Crippen molar-refractivity contribution in [2.45, 2.75) is 13.3 Å². The highest BCUT2D eigenvalue weighted by molar-refractivity contribution is 5.52. The maximum absolute atomic E-state index is 10.6. The van der Waals surface area contributed by atoms with Crippen molar-refractivity contribution in [3.8, 4) is 11.8 Å². The molecular weight excluding hydrogens is 196 g/mol. The van der Waals surface area contributed by atoms with Gasteiger partial charge in [-0.15, -0.1) is 0 Å². The third-order valence-electron chi connectivity index (χ3n) is 1.76. The standard InChI is InChI=1S/C10H10N2O3/c1-2-5-15-9-4-3-8(7-11)10(6-9)12(13)14/h3-4,6H,2,5H2,1H3. The molecule has 1 rings (SSSR count). The second-order valence-electron chi connectivity index (χ2n) is 2.90. The van der Waals surface area contributed by atoms with Gasteiger partial charge in [0.25, 0.3) is 5.69 Å². The second-order valence-corrected chi connectivity index (χ2v) is 2.90. The Labute approximate surface area is 87.1 Å². The highest BCUT2D eigenvalue weighted by Crippen LogP contribution is 2.23. The summed E-state index contributed by atoms with van der Waals surface area (Å²) in [4.78, 5) is 10.0. The summed E-state index contributed by atoms with van der Waals surface area (Å²) < 4.78 is 5.23. The molecule has 0 spiro atoms. The zero-order valence-electron chi connectivity index (χ0n) is 8.27. The zero-order chi connectivity index (χ0) is 11.3. The van der Waals surface area contributed by atoms with E-state index in [1.807, 2.05) is 6.92 Å². The third kappa shape index (κ3) is 2.68. The second kappa shape index (κ2) is 4.96. The predicted octanol–water partition coefficient (Wildman–Crippen LogP) is 2.26. The quantitative estimate of drug-likeness (QED) is 0.559. The van der Waals surface area contributed by atoms with Crippen LogP contribution in [0.3, 0.4) is 0 Å². The molecule has 0 fully saturated rings. The summed E-state index contributed by atoms with van der Waals surface area (Å²) in [5.74, 6) is 0.419. The van der Waals surface area contributed by atoms with E-state index in [1.165, 1.54) is 12.1 Å². The van der Waals surface area contributed by atoms with E-state index in [0.717, 1.165) is 6.42 Å². The van der Waals surface area contributed by atoms with Crippen molar-refractivity contribution in [3.05, 3.63) is 33.9 Å². The molecule has 0 aliphatic rings. The molecule has 1 aromatic rings. The first kappa shape index (κ1) is 11.0. The summed E-state index contributed by atoms with van der Waals surface area (Å²) >= 11 is 0. The summed E-state index contributed by atoms with van der Waals surface area (Å²) in [6, 6.07) is 5.98. The molecule has 0 N–H and O–H groups in total. The van der Waals surface area contributed by atoms with Crippen LogP contribution in [0.4, 0.5) is 5.69 Å². The van der Waals surface area contributed by atoms with Crippen molar-refractivity contribution in [1.29, 1.82) is 5.26 Å². The van der Waals surface area contributed by atoms with Crippen LogP contribution >= 0.6 is 0 Å². The summed E-state index contributed by atoms with van der Waals surface area (Å²) in [6.07, 6.45) is 0.827. The Morgan fingerprint density at radius 2 is 2.33 bits per heavy atom. The molecule has 5 nitrogen and oxygen atoms in total. The molecule has 1 aromatic carbocycles. The molecule has 0 unspecified atom stereocenters. The van der Waals surface area contributed by atoms with Crippen molar-refractivity contribution in [1.82, 2.24) is 0 Å². The average Bonchev–Trinajstić information content (AvgIpc) is 2.25. The Balaban J connectivity index is 3.01. The molecule has 0 saturated heterocycles. The molecule has 0 saturated carbocycles.